The van der Waals surface area contributed by atoms with E-state index >= 15 is 0 Å². The van der Waals surface area contributed by atoms with Crippen LogP contribution in [-0.4, -0.2) is 36.3 Å². The first-order valence-electron chi connectivity index (χ1n) is 6.94. The van der Waals surface area contributed by atoms with Crippen LogP contribution >= 0.6 is 0 Å². The first-order chi connectivity index (χ1) is 9.77. The van der Waals surface area contributed by atoms with Gasteiger partial charge in [0.2, 0.25) is 11.8 Å². The largest absolute Gasteiger partial charge is 0.399 e. The first-order valence-corrected chi connectivity index (χ1v) is 6.94. The Morgan fingerprint density at radius 1 is 1.29 bits per heavy atom. The van der Waals surface area contributed by atoms with E-state index in [1.807, 2.05) is 20.8 Å². The van der Waals surface area contributed by atoms with Crippen molar-refractivity contribution >= 4 is 23.2 Å². The molecule has 21 heavy (non-hydrogen) atoms. The molecule has 116 valence electrons. The summed E-state index contributed by atoms with van der Waals surface area (Å²) < 4.78 is 0. The third-order valence-corrected chi connectivity index (χ3v) is 2.89. The Labute approximate surface area is 125 Å². The molecule has 0 spiro atoms. The Kier molecular flexibility index (Phi) is 6.17. The number of rotatable bonds is 7. The third-order valence-electron chi connectivity index (χ3n) is 2.89. The molecule has 0 fully saturated rings. The number of anilines is 2. The van der Waals surface area contributed by atoms with Gasteiger partial charge in [0.15, 0.2) is 0 Å². The molecule has 0 aliphatic heterocycles. The minimum atomic E-state index is -0.438. The maximum Gasteiger partial charge on any atom is 0.238 e. The van der Waals surface area contributed by atoms with Crippen molar-refractivity contribution < 1.29 is 9.59 Å². The predicted molar refractivity (Wildman–Crippen MR) is 84.7 cm³/mol. The molecule has 1 aromatic carbocycles. The summed E-state index contributed by atoms with van der Waals surface area (Å²) in [7, 11) is 0. The summed E-state index contributed by atoms with van der Waals surface area (Å²) in [6.45, 7) is 6.77. The molecule has 5 N–H and O–H groups in total. The molecule has 0 aliphatic rings. The van der Waals surface area contributed by atoms with E-state index in [9.17, 15) is 9.59 Å². The topological polar surface area (TPSA) is 101 Å². The van der Waals surface area contributed by atoms with Crippen LogP contribution in [0.1, 0.15) is 19.4 Å². The summed E-state index contributed by atoms with van der Waals surface area (Å²) in [5, 5.41) is 2.83. The van der Waals surface area contributed by atoms with Crippen molar-refractivity contribution in [1.29, 1.82) is 0 Å². The number of amides is 2. The van der Waals surface area contributed by atoms with Gasteiger partial charge in [-0.05, 0) is 36.6 Å². The second kappa shape index (κ2) is 7.64. The second-order valence-corrected chi connectivity index (χ2v) is 5.65. The standard InChI is InChI=1S/C15H24N4O2/c1-10(2)7-19(8-14(17)20)9-15(21)18-13-5-4-12(16)6-11(13)3/h4-6,10H,7-9,16H2,1-3H3,(H2,17,20)(H,18,21). The lowest BCUT2D eigenvalue weighted by atomic mass is 10.1. The zero-order chi connectivity index (χ0) is 16.0. The van der Waals surface area contributed by atoms with Crippen LogP contribution < -0.4 is 16.8 Å². The molecule has 1 aromatic rings. The van der Waals surface area contributed by atoms with E-state index in [1.165, 1.54) is 0 Å². The number of nitrogens with zero attached hydrogens (tertiary/aromatic N) is 1. The van der Waals surface area contributed by atoms with Crippen LogP contribution in [0, 0.1) is 12.8 Å². The Morgan fingerprint density at radius 2 is 1.95 bits per heavy atom. The zero-order valence-corrected chi connectivity index (χ0v) is 12.8. The van der Waals surface area contributed by atoms with Crippen molar-refractivity contribution in [3.8, 4) is 0 Å². The van der Waals surface area contributed by atoms with Crippen LogP contribution in [0.25, 0.3) is 0 Å². The summed E-state index contributed by atoms with van der Waals surface area (Å²) in [6, 6.07) is 5.30. The molecule has 2 amide bonds. The maximum absolute atomic E-state index is 12.1. The molecule has 0 saturated carbocycles. The number of aryl methyl sites for hydroxylation is 1. The van der Waals surface area contributed by atoms with E-state index in [2.05, 4.69) is 5.32 Å². The van der Waals surface area contributed by atoms with Gasteiger partial charge in [-0.1, -0.05) is 13.8 Å². The normalized spacial score (nSPS) is 10.9. The molecule has 6 heteroatoms. The van der Waals surface area contributed by atoms with E-state index in [1.54, 1.807) is 23.1 Å². The average Bonchev–Trinajstić information content (AvgIpc) is 2.30. The number of nitrogens with two attached hydrogens (primary N) is 2. The van der Waals surface area contributed by atoms with Gasteiger partial charge >= 0.3 is 0 Å². The monoisotopic (exact) mass is 292 g/mol. The quantitative estimate of drug-likeness (QED) is 0.651. The SMILES string of the molecule is Cc1cc(N)ccc1NC(=O)CN(CC(N)=O)CC(C)C. The molecule has 0 heterocycles. The van der Waals surface area contributed by atoms with Crippen molar-refractivity contribution in [3.05, 3.63) is 23.8 Å². The molecule has 0 bridgehead atoms. The fourth-order valence-corrected chi connectivity index (χ4v) is 2.14. The Balaban J connectivity index is 2.66. The molecule has 0 unspecified atom stereocenters. The molecule has 0 radical (unpaired) electrons. The first kappa shape index (κ1) is 17.0. The third kappa shape index (κ3) is 6.27. The molecule has 1 rings (SSSR count). The van der Waals surface area contributed by atoms with Gasteiger partial charge in [0.1, 0.15) is 0 Å². The predicted octanol–water partition coefficient (Wildman–Crippen LogP) is 0.959. The highest BCUT2D eigenvalue weighted by molar-refractivity contribution is 5.93. The molecular weight excluding hydrogens is 268 g/mol. The van der Waals surface area contributed by atoms with E-state index in [0.29, 0.717) is 18.2 Å². The fraction of sp³-hybridized carbons (Fsp3) is 0.467. The summed E-state index contributed by atoms with van der Waals surface area (Å²) in [5.41, 5.74) is 13.2. The van der Waals surface area contributed by atoms with Crippen molar-refractivity contribution in [2.75, 3.05) is 30.7 Å². The Bertz CT molecular complexity index is 514. The van der Waals surface area contributed by atoms with Gasteiger partial charge in [-0.3, -0.25) is 14.5 Å². The van der Waals surface area contributed by atoms with Crippen molar-refractivity contribution in [1.82, 2.24) is 4.90 Å². The number of hydrogen-bond donors (Lipinski definition) is 3. The summed E-state index contributed by atoms with van der Waals surface area (Å²) in [4.78, 5) is 24.9. The zero-order valence-electron chi connectivity index (χ0n) is 12.8. The number of nitrogens with one attached hydrogen (secondary N) is 1. The maximum atomic E-state index is 12.1. The number of benzene rings is 1. The molecule has 6 nitrogen and oxygen atoms in total. The summed E-state index contributed by atoms with van der Waals surface area (Å²) >= 11 is 0. The lowest BCUT2D eigenvalue weighted by Gasteiger charge is -2.22. The number of carbonyl (C=O) groups is 2. The average molecular weight is 292 g/mol. The van der Waals surface area contributed by atoms with Crippen LogP contribution in [0.3, 0.4) is 0 Å². The van der Waals surface area contributed by atoms with Gasteiger partial charge in [-0.15, -0.1) is 0 Å². The van der Waals surface area contributed by atoms with Crippen LogP contribution in [0.5, 0.6) is 0 Å². The van der Waals surface area contributed by atoms with Gasteiger partial charge in [0.25, 0.3) is 0 Å². The van der Waals surface area contributed by atoms with Gasteiger partial charge in [-0.25, -0.2) is 0 Å². The Morgan fingerprint density at radius 3 is 2.48 bits per heavy atom. The smallest absolute Gasteiger partial charge is 0.238 e. The summed E-state index contributed by atoms with van der Waals surface area (Å²) in [5.74, 6) is -0.271. The number of nitrogen functional groups attached to an aromatic ring is 1. The van der Waals surface area contributed by atoms with Crippen molar-refractivity contribution in [2.24, 2.45) is 11.7 Å². The van der Waals surface area contributed by atoms with E-state index < -0.39 is 5.91 Å². The Hall–Kier alpha value is -2.08. The number of primary amides is 1. The number of hydrogen-bond acceptors (Lipinski definition) is 4. The van der Waals surface area contributed by atoms with Crippen LogP contribution in [0.4, 0.5) is 11.4 Å². The van der Waals surface area contributed by atoms with E-state index in [0.717, 1.165) is 11.3 Å². The minimum absolute atomic E-state index is 0.0757. The van der Waals surface area contributed by atoms with Crippen molar-refractivity contribution in [2.45, 2.75) is 20.8 Å². The molecule has 0 atom stereocenters. The van der Waals surface area contributed by atoms with Gasteiger partial charge in [-0.2, -0.15) is 0 Å². The van der Waals surface area contributed by atoms with Crippen LogP contribution in [-0.2, 0) is 9.59 Å². The highest BCUT2D eigenvalue weighted by Crippen LogP contribution is 2.17. The summed E-state index contributed by atoms with van der Waals surface area (Å²) in [6.07, 6.45) is 0. The molecule has 0 saturated heterocycles. The minimum Gasteiger partial charge on any atom is -0.399 e. The van der Waals surface area contributed by atoms with Gasteiger partial charge in [0, 0.05) is 17.9 Å². The van der Waals surface area contributed by atoms with Gasteiger partial charge in [0.05, 0.1) is 13.1 Å². The van der Waals surface area contributed by atoms with Gasteiger partial charge < -0.3 is 16.8 Å². The highest BCUT2D eigenvalue weighted by Gasteiger charge is 2.15. The lowest BCUT2D eigenvalue weighted by Crippen LogP contribution is -2.41. The van der Waals surface area contributed by atoms with Crippen molar-refractivity contribution in [3.63, 3.8) is 0 Å². The van der Waals surface area contributed by atoms with E-state index in [-0.39, 0.29) is 19.0 Å². The highest BCUT2D eigenvalue weighted by atomic mass is 16.2. The number of carbonyl (C=O) groups excluding carboxylic acids is 2. The molecule has 0 aliphatic carbocycles. The molecular formula is C15H24N4O2. The van der Waals surface area contributed by atoms with E-state index in [4.69, 9.17) is 11.5 Å². The second-order valence-electron chi connectivity index (χ2n) is 5.65. The fourth-order valence-electron chi connectivity index (χ4n) is 2.14. The van der Waals surface area contributed by atoms with Crippen LogP contribution in [0.15, 0.2) is 18.2 Å². The molecule has 0 aromatic heterocycles. The lowest BCUT2D eigenvalue weighted by molar-refractivity contribution is -0.121. The van der Waals surface area contributed by atoms with Crippen LogP contribution in [0.2, 0.25) is 0 Å².